The van der Waals surface area contributed by atoms with Gasteiger partial charge in [0, 0.05) is 12.2 Å². The predicted molar refractivity (Wildman–Crippen MR) is 124 cm³/mol. The summed E-state index contributed by atoms with van der Waals surface area (Å²) < 4.78 is 12.9. The monoisotopic (exact) mass is 453 g/mol. The van der Waals surface area contributed by atoms with E-state index in [1.54, 1.807) is 0 Å². The number of nitrogens with one attached hydrogen (secondary N) is 1. The number of aryl methyl sites for hydroxylation is 3. The zero-order valence-corrected chi connectivity index (χ0v) is 19.1. The van der Waals surface area contributed by atoms with Gasteiger partial charge in [-0.3, -0.25) is 0 Å². The molecule has 0 saturated carbocycles. The Morgan fingerprint density at radius 3 is 2.28 bits per heavy atom. The molecule has 0 amide bonds. The molecule has 4 heteroatoms. The summed E-state index contributed by atoms with van der Waals surface area (Å²) in [6.45, 7) is 10.1. The van der Waals surface area contributed by atoms with E-state index >= 15 is 0 Å². The molecule has 0 aromatic heterocycles. The van der Waals surface area contributed by atoms with E-state index in [9.17, 15) is 0 Å². The van der Waals surface area contributed by atoms with Gasteiger partial charge in [-0.05, 0) is 90.1 Å². The number of hydrogen-bond acceptors (Lipinski definition) is 3. The predicted octanol–water partition coefficient (Wildman–Crippen LogP) is 6.96. The molecule has 0 heterocycles. The van der Waals surface area contributed by atoms with Crippen LogP contribution in [0.1, 0.15) is 34.7 Å². The minimum Gasteiger partial charge on any atom is -0.490 e. The highest BCUT2D eigenvalue weighted by Crippen LogP contribution is 2.37. The average molecular weight is 454 g/mol. The summed E-state index contributed by atoms with van der Waals surface area (Å²) in [6.07, 6.45) is 0. The molecular weight excluding hydrogens is 426 g/mol. The number of benzene rings is 3. The first-order valence-electron chi connectivity index (χ1n) is 9.91. The first-order chi connectivity index (χ1) is 14.0. The van der Waals surface area contributed by atoms with Crippen molar-refractivity contribution in [1.82, 2.24) is 0 Å². The van der Waals surface area contributed by atoms with Crippen LogP contribution in [0, 0.1) is 20.8 Å². The second-order valence-electron chi connectivity index (χ2n) is 7.26. The molecule has 3 aromatic rings. The fourth-order valence-corrected chi connectivity index (χ4v) is 3.63. The molecule has 0 spiro atoms. The highest BCUT2D eigenvalue weighted by Gasteiger charge is 2.13. The van der Waals surface area contributed by atoms with E-state index in [1.807, 2.05) is 13.0 Å². The molecule has 0 aliphatic heterocycles. The maximum atomic E-state index is 6.10. The molecule has 0 saturated heterocycles. The summed E-state index contributed by atoms with van der Waals surface area (Å²) in [4.78, 5) is 0. The van der Waals surface area contributed by atoms with Crippen molar-refractivity contribution >= 4 is 21.6 Å². The summed E-state index contributed by atoms with van der Waals surface area (Å²) in [5, 5.41) is 3.49. The topological polar surface area (TPSA) is 30.5 Å². The van der Waals surface area contributed by atoms with Crippen LogP contribution in [-0.2, 0) is 13.2 Å². The number of ether oxygens (including phenoxy) is 2. The SMILES string of the molecule is CCOc1cc(CNc2ccc(C)c(C)c2)cc(Br)c1OCc1ccc(C)cc1. The van der Waals surface area contributed by atoms with Gasteiger partial charge in [-0.15, -0.1) is 0 Å². The number of rotatable bonds is 8. The summed E-state index contributed by atoms with van der Waals surface area (Å²) in [6, 6.07) is 18.9. The van der Waals surface area contributed by atoms with E-state index in [0.717, 1.165) is 32.8 Å². The molecule has 3 aromatic carbocycles. The van der Waals surface area contributed by atoms with Crippen molar-refractivity contribution in [2.24, 2.45) is 0 Å². The van der Waals surface area contributed by atoms with Crippen molar-refractivity contribution in [1.29, 1.82) is 0 Å². The molecule has 0 radical (unpaired) electrons. The third-order valence-electron chi connectivity index (χ3n) is 4.88. The highest BCUT2D eigenvalue weighted by molar-refractivity contribution is 9.10. The smallest absolute Gasteiger partial charge is 0.175 e. The summed E-state index contributed by atoms with van der Waals surface area (Å²) in [7, 11) is 0. The Balaban J connectivity index is 1.74. The number of anilines is 1. The third kappa shape index (κ3) is 5.77. The highest BCUT2D eigenvalue weighted by atomic mass is 79.9. The molecule has 0 bridgehead atoms. The fourth-order valence-electron chi connectivity index (χ4n) is 3.02. The van der Waals surface area contributed by atoms with Crippen LogP contribution in [0.25, 0.3) is 0 Å². The van der Waals surface area contributed by atoms with Crippen molar-refractivity contribution < 1.29 is 9.47 Å². The van der Waals surface area contributed by atoms with Crippen molar-refractivity contribution in [2.75, 3.05) is 11.9 Å². The van der Waals surface area contributed by atoms with Gasteiger partial charge in [0.05, 0.1) is 11.1 Å². The van der Waals surface area contributed by atoms with Crippen LogP contribution < -0.4 is 14.8 Å². The maximum absolute atomic E-state index is 6.10. The normalized spacial score (nSPS) is 10.7. The summed E-state index contributed by atoms with van der Waals surface area (Å²) in [5.41, 5.74) is 7.19. The Morgan fingerprint density at radius 2 is 1.59 bits per heavy atom. The molecule has 1 N–H and O–H groups in total. The van der Waals surface area contributed by atoms with Crippen molar-refractivity contribution in [2.45, 2.75) is 40.8 Å². The van der Waals surface area contributed by atoms with Crippen LogP contribution in [0.4, 0.5) is 5.69 Å². The van der Waals surface area contributed by atoms with Gasteiger partial charge >= 0.3 is 0 Å². The van der Waals surface area contributed by atoms with Crippen molar-refractivity contribution in [3.8, 4) is 11.5 Å². The van der Waals surface area contributed by atoms with Crippen LogP contribution >= 0.6 is 15.9 Å². The van der Waals surface area contributed by atoms with E-state index in [0.29, 0.717) is 19.8 Å². The van der Waals surface area contributed by atoms with Gasteiger partial charge in [0.15, 0.2) is 11.5 Å². The molecule has 29 heavy (non-hydrogen) atoms. The quantitative estimate of drug-likeness (QED) is 0.399. The minimum atomic E-state index is 0.499. The van der Waals surface area contributed by atoms with Crippen LogP contribution in [0.2, 0.25) is 0 Å². The minimum absolute atomic E-state index is 0.499. The van der Waals surface area contributed by atoms with Gasteiger partial charge in [0.25, 0.3) is 0 Å². The Labute approximate surface area is 182 Å². The average Bonchev–Trinajstić information content (AvgIpc) is 2.70. The summed E-state index contributed by atoms with van der Waals surface area (Å²) >= 11 is 3.67. The van der Waals surface area contributed by atoms with E-state index in [2.05, 4.69) is 90.5 Å². The van der Waals surface area contributed by atoms with Crippen molar-refractivity contribution in [3.05, 3.63) is 86.9 Å². The zero-order valence-electron chi connectivity index (χ0n) is 17.5. The van der Waals surface area contributed by atoms with Crippen LogP contribution in [0.3, 0.4) is 0 Å². The molecule has 0 aliphatic carbocycles. The first kappa shape index (κ1) is 21.3. The van der Waals surface area contributed by atoms with E-state index in [1.165, 1.54) is 16.7 Å². The lowest BCUT2D eigenvalue weighted by molar-refractivity contribution is 0.267. The number of hydrogen-bond donors (Lipinski definition) is 1. The van der Waals surface area contributed by atoms with Crippen LogP contribution in [0.15, 0.2) is 59.1 Å². The lowest BCUT2D eigenvalue weighted by Crippen LogP contribution is -2.04. The largest absolute Gasteiger partial charge is 0.490 e. The second-order valence-corrected chi connectivity index (χ2v) is 8.12. The first-order valence-corrected chi connectivity index (χ1v) is 10.7. The van der Waals surface area contributed by atoms with Gasteiger partial charge < -0.3 is 14.8 Å². The Morgan fingerprint density at radius 1 is 0.828 bits per heavy atom. The maximum Gasteiger partial charge on any atom is 0.175 e. The van der Waals surface area contributed by atoms with Gasteiger partial charge in [0.2, 0.25) is 0 Å². The van der Waals surface area contributed by atoms with Crippen LogP contribution in [0.5, 0.6) is 11.5 Å². The summed E-state index contributed by atoms with van der Waals surface area (Å²) in [5.74, 6) is 1.49. The fraction of sp³-hybridized carbons (Fsp3) is 0.280. The molecule has 0 fully saturated rings. The third-order valence-corrected chi connectivity index (χ3v) is 5.47. The molecule has 0 atom stereocenters. The van der Waals surface area contributed by atoms with E-state index in [-0.39, 0.29) is 0 Å². The molecule has 152 valence electrons. The molecule has 0 aliphatic rings. The lowest BCUT2D eigenvalue weighted by Gasteiger charge is -2.16. The molecule has 3 rings (SSSR count). The van der Waals surface area contributed by atoms with E-state index in [4.69, 9.17) is 9.47 Å². The van der Waals surface area contributed by atoms with Gasteiger partial charge in [-0.25, -0.2) is 0 Å². The standard InChI is InChI=1S/C25H28BrNO2/c1-5-28-24-14-21(15-27-22-11-8-18(3)19(4)12-22)13-23(26)25(24)29-16-20-9-6-17(2)7-10-20/h6-14,27H,5,15-16H2,1-4H3. The Kier molecular flexibility index (Phi) is 7.21. The zero-order chi connectivity index (χ0) is 20.8. The number of halogens is 1. The molecule has 0 unspecified atom stereocenters. The van der Waals surface area contributed by atoms with Gasteiger partial charge in [-0.1, -0.05) is 35.9 Å². The molecular formula is C25H28BrNO2. The van der Waals surface area contributed by atoms with Crippen molar-refractivity contribution in [3.63, 3.8) is 0 Å². The lowest BCUT2D eigenvalue weighted by atomic mass is 10.1. The van der Waals surface area contributed by atoms with Gasteiger partial charge in [0.1, 0.15) is 6.61 Å². The second kappa shape index (κ2) is 9.84. The Hall–Kier alpha value is -2.46. The van der Waals surface area contributed by atoms with E-state index < -0.39 is 0 Å². The molecule has 3 nitrogen and oxygen atoms in total. The van der Waals surface area contributed by atoms with Crippen LogP contribution in [-0.4, -0.2) is 6.61 Å². The van der Waals surface area contributed by atoms with Gasteiger partial charge in [-0.2, -0.15) is 0 Å². The Bertz CT molecular complexity index is 967.